The minimum atomic E-state index is -6.75. The summed E-state index contributed by atoms with van der Waals surface area (Å²) >= 11 is 5.32. The third-order valence-electron chi connectivity index (χ3n) is 2.15. The number of alkyl halides is 7. The Morgan fingerprint density at radius 2 is 1.29 bits per heavy atom. The zero-order valence-electron chi connectivity index (χ0n) is 9.28. The summed E-state index contributed by atoms with van der Waals surface area (Å²) in [7, 11) is -6.31. The maximum absolute atomic E-state index is 13.3. The predicted molar refractivity (Wildman–Crippen MR) is 63.8 cm³/mol. The molecule has 2 nitrogen and oxygen atoms in total. The second-order valence-corrected chi connectivity index (χ2v) is 7.30. The van der Waals surface area contributed by atoms with Crippen LogP contribution >= 0.6 is 31.9 Å². The molecule has 0 spiro atoms. The molecule has 12 heteroatoms. The Labute approximate surface area is 130 Å². The molecule has 0 fully saturated rings. The van der Waals surface area contributed by atoms with E-state index in [0.717, 1.165) is 0 Å². The van der Waals surface area contributed by atoms with Gasteiger partial charge in [0.05, 0.1) is 4.90 Å². The smallest absolute Gasteiger partial charge is 0.217 e. The van der Waals surface area contributed by atoms with Gasteiger partial charge in [-0.2, -0.15) is 30.7 Å². The summed E-state index contributed by atoms with van der Waals surface area (Å²) in [5.41, 5.74) is 0. The van der Waals surface area contributed by atoms with Crippen LogP contribution in [0.1, 0.15) is 0 Å². The minimum absolute atomic E-state index is 0.235. The van der Waals surface area contributed by atoms with Gasteiger partial charge in [-0.05, 0) is 12.1 Å². The van der Waals surface area contributed by atoms with Crippen molar-refractivity contribution >= 4 is 41.7 Å². The summed E-state index contributed by atoms with van der Waals surface area (Å²) < 4.78 is 111. The van der Waals surface area contributed by atoms with Crippen LogP contribution in [0.25, 0.3) is 0 Å². The Balaban J connectivity index is 3.55. The van der Waals surface area contributed by atoms with Gasteiger partial charge in [0.1, 0.15) is 0 Å². The van der Waals surface area contributed by atoms with E-state index in [0.29, 0.717) is 12.1 Å². The van der Waals surface area contributed by atoms with E-state index in [1.165, 1.54) is 0 Å². The molecule has 119 valence electrons. The van der Waals surface area contributed by atoms with Crippen molar-refractivity contribution < 1.29 is 39.2 Å². The second-order valence-electron chi connectivity index (χ2n) is 3.60. The molecule has 0 aliphatic carbocycles. The van der Waals surface area contributed by atoms with Crippen molar-refractivity contribution in [3.63, 3.8) is 0 Å². The Hall–Kier alpha value is -0.360. The summed E-state index contributed by atoms with van der Waals surface area (Å²) in [5, 5.41) is -6.38. The second kappa shape index (κ2) is 5.37. The van der Waals surface area contributed by atoms with Gasteiger partial charge >= 0.3 is 17.4 Å². The van der Waals surface area contributed by atoms with Crippen molar-refractivity contribution in [3.8, 4) is 0 Å². The van der Waals surface area contributed by atoms with Gasteiger partial charge in [0.15, 0.2) is 0 Å². The van der Waals surface area contributed by atoms with E-state index < -0.39 is 32.1 Å². The molecule has 0 bridgehead atoms. The van der Waals surface area contributed by atoms with E-state index >= 15 is 0 Å². The average Bonchev–Trinajstić information content (AvgIpc) is 2.25. The molecule has 0 aromatic heterocycles. The van der Waals surface area contributed by atoms with E-state index in [9.17, 15) is 39.2 Å². The molecule has 0 heterocycles. The fraction of sp³-hybridized carbons (Fsp3) is 0.333. The van der Waals surface area contributed by atoms with Gasteiger partial charge in [0, 0.05) is 15.0 Å². The van der Waals surface area contributed by atoms with Crippen molar-refractivity contribution in [2.24, 2.45) is 0 Å². The highest BCUT2D eigenvalue weighted by atomic mass is 79.9. The predicted octanol–water partition coefficient (Wildman–Crippen LogP) is 4.58. The molecule has 0 aliphatic heterocycles. The van der Waals surface area contributed by atoms with Crippen LogP contribution in [-0.2, 0) is 9.84 Å². The number of hydrogen-bond donors (Lipinski definition) is 0. The van der Waals surface area contributed by atoms with Gasteiger partial charge in [0.2, 0.25) is 9.84 Å². The fourth-order valence-corrected chi connectivity index (χ4v) is 3.90. The molecule has 1 aromatic carbocycles. The quantitative estimate of drug-likeness (QED) is 0.611. The van der Waals surface area contributed by atoms with Crippen molar-refractivity contribution in [2.75, 3.05) is 0 Å². The molecule has 1 radical (unpaired) electrons. The standard InChI is InChI=1S/C9H2Br2F7O2S/c10-4-1-5(11)3-6(2-4)21(19,20)9(17,18)7(12,13)8(14,15)16/h2-3H. The maximum Gasteiger partial charge on any atom is 0.461 e. The Bertz CT molecular complexity index is 634. The van der Waals surface area contributed by atoms with Crippen molar-refractivity contribution in [2.45, 2.75) is 22.2 Å². The van der Waals surface area contributed by atoms with Crippen LogP contribution in [0.15, 0.2) is 26.0 Å². The van der Waals surface area contributed by atoms with E-state index in [1.54, 1.807) is 0 Å². The number of halogens is 9. The molecule has 0 N–H and O–H groups in total. The van der Waals surface area contributed by atoms with E-state index in [2.05, 4.69) is 37.9 Å². The third-order valence-corrected chi connectivity index (χ3v) is 4.79. The van der Waals surface area contributed by atoms with Crippen molar-refractivity contribution in [1.29, 1.82) is 0 Å². The van der Waals surface area contributed by atoms with Gasteiger partial charge in [0.25, 0.3) is 0 Å². The van der Waals surface area contributed by atoms with Gasteiger partial charge in [-0.3, -0.25) is 0 Å². The molecule has 0 saturated heterocycles. The average molecular weight is 467 g/mol. The van der Waals surface area contributed by atoms with E-state index in [1.807, 2.05) is 0 Å². The Kier molecular flexibility index (Phi) is 4.78. The van der Waals surface area contributed by atoms with E-state index in [4.69, 9.17) is 0 Å². The topological polar surface area (TPSA) is 34.1 Å². The van der Waals surface area contributed by atoms with Crippen LogP contribution in [0.3, 0.4) is 0 Å². The lowest BCUT2D eigenvalue weighted by molar-refractivity contribution is -0.332. The van der Waals surface area contributed by atoms with Crippen LogP contribution in [0, 0.1) is 6.07 Å². The Morgan fingerprint density at radius 3 is 1.62 bits per heavy atom. The Morgan fingerprint density at radius 1 is 0.905 bits per heavy atom. The van der Waals surface area contributed by atoms with Gasteiger partial charge in [-0.1, -0.05) is 31.9 Å². The monoisotopic (exact) mass is 465 g/mol. The molecule has 0 saturated carbocycles. The number of hydrogen-bond acceptors (Lipinski definition) is 2. The van der Waals surface area contributed by atoms with Gasteiger partial charge in [-0.25, -0.2) is 8.42 Å². The van der Waals surface area contributed by atoms with Gasteiger partial charge in [-0.15, -0.1) is 0 Å². The lowest BCUT2D eigenvalue weighted by atomic mass is 10.3. The molecular weight excluding hydrogens is 465 g/mol. The van der Waals surface area contributed by atoms with Crippen LogP contribution in [-0.4, -0.2) is 25.8 Å². The number of rotatable bonds is 3. The SMILES string of the molecule is O=S(=O)(c1cc(Br)[c]c(Br)c1)C(F)(F)C(F)(F)C(F)(F)F. The maximum atomic E-state index is 13.3. The minimum Gasteiger partial charge on any atom is -0.217 e. The molecule has 0 unspecified atom stereocenters. The molecule has 21 heavy (non-hydrogen) atoms. The highest BCUT2D eigenvalue weighted by Crippen LogP contribution is 2.51. The zero-order chi connectivity index (χ0) is 16.9. The summed E-state index contributed by atoms with van der Waals surface area (Å²) in [6.45, 7) is 0. The highest BCUT2D eigenvalue weighted by Gasteiger charge is 2.78. The highest BCUT2D eigenvalue weighted by molar-refractivity contribution is 9.11. The van der Waals surface area contributed by atoms with Crippen LogP contribution in [0.2, 0.25) is 0 Å². The number of benzene rings is 1. The molecule has 0 atom stereocenters. The normalized spacial score (nSPS) is 14.3. The van der Waals surface area contributed by atoms with Crippen LogP contribution < -0.4 is 0 Å². The zero-order valence-corrected chi connectivity index (χ0v) is 13.3. The van der Waals surface area contributed by atoms with E-state index in [-0.39, 0.29) is 8.95 Å². The molecule has 0 aliphatic rings. The summed E-state index contributed by atoms with van der Waals surface area (Å²) in [4.78, 5) is -1.42. The lowest BCUT2D eigenvalue weighted by Crippen LogP contribution is -2.55. The van der Waals surface area contributed by atoms with Gasteiger partial charge < -0.3 is 0 Å². The lowest BCUT2D eigenvalue weighted by Gasteiger charge is -2.27. The largest absolute Gasteiger partial charge is 0.461 e. The first kappa shape index (κ1) is 18.7. The fourth-order valence-electron chi connectivity index (χ4n) is 1.11. The first-order valence-electron chi connectivity index (χ1n) is 4.60. The molecule has 1 rings (SSSR count). The van der Waals surface area contributed by atoms with Crippen LogP contribution in [0.5, 0.6) is 0 Å². The number of sulfone groups is 1. The van der Waals surface area contributed by atoms with Crippen LogP contribution in [0.4, 0.5) is 30.7 Å². The molecule has 0 amide bonds. The first-order chi connectivity index (χ1) is 9.14. The summed E-state index contributed by atoms with van der Waals surface area (Å²) in [6, 6.07) is 3.18. The summed E-state index contributed by atoms with van der Waals surface area (Å²) in [6.07, 6.45) is -6.74. The van der Waals surface area contributed by atoms with Crippen molar-refractivity contribution in [3.05, 3.63) is 27.1 Å². The first-order valence-corrected chi connectivity index (χ1v) is 7.67. The molecular formula is C9H2Br2F7O2S. The van der Waals surface area contributed by atoms with Crippen molar-refractivity contribution in [1.82, 2.24) is 0 Å². The third kappa shape index (κ3) is 3.07. The summed E-state index contributed by atoms with van der Waals surface area (Å²) in [5.74, 6) is -6.75. The molecule has 1 aromatic rings.